The van der Waals surface area contributed by atoms with Crippen molar-refractivity contribution in [2.75, 3.05) is 29.9 Å². The molecule has 28 heavy (non-hydrogen) atoms. The molecule has 4 heterocycles. The highest BCUT2D eigenvalue weighted by atomic mass is 32.1. The van der Waals surface area contributed by atoms with Crippen LogP contribution in [-0.2, 0) is 22.6 Å². The number of hydrogen-bond acceptors (Lipinski definition) is 7. The van der Waals surface area contributed by atoms with E-state index in [1.165, 1.54) is 35.5 Å². The number of carbonyl (C=O) groups excluding carboxylic acids is 2. The molecule has 0 aliphatic carbocycles. The molecular formula is C19H25N5O2S2. The number of amides is 2. The number of anilines is 2. The summed E-state index contributed by atoms with van der Waals surface area (Å²) in [6.07, 6.45) is 4.19. The lowest BCUT2D eigenvalue weighted by molar-refractivity contribution is -0.117. The Balaban J connectivity index is 1.29. The highest BCUT2D eigenvalue weighted by Gasteiger charge is 2.24. The lowest BCUT2D eigenvalue weighted by atomic mass is 10.0. The van der Waals surface area contributed by atoms with Crippen molar-refractivity contribution in [1.82, 2.24) is 14.9 Å². The van der Waals surface area contributed by atoms with Gasteiger partial charge in [0.25, 0.3) is 0 Å². The number of nitrogens with one attached hydrogen (secondary N) is 1. The molecule has 2 amide bonds. The van der Waals surface area contributed by atoms with Crippen LogP contribution in [0.3, 0.4) is 0 Å². The van der Waals surface area contributed by atoms with Crippen molar-refractivity contribution >= 4 is 44.8 Å². The second-order valence-corrected chi connectivity index (χ2v) is 9.32. The van der Waals surface area contributed by atoms with Crippen molar-refractivity contribution in [3.8, 4) is 0 Å². The summed E-state index contributed by atoms with van der Waals surface area (Å²) in [5, 5.41) is 8.08. The average molecular weight is 420 g/mol. The maximum absolute atomic E-state index is 12.3. The fraction of sp³-hybridized carbons (Fsp3) is 0.579. The molecule has 1 atom stereocenters. The highest BCUT2D eigenvalue weighted by Crippen LogP contribution is 2.26. The first-order chi connectivity index (χ1) is 13.6. The molecular weight excluding hydrogens is 394 g/mol. The number of rotatable bonds is 6. The van der Waals surface area contributed by atoms with Crippen LogP contribution in [0.1, 0.15) is 44.0 Å². The van der Waals surface area contributed by atoms with Gasteiger partial charge in [0.05, 0.1) is 17.8 Å². The number of likely N-dealkylation sites (tertiary alicyclic amines) is 1. The molecule has 9 heteroatoms. The third-order valence-corrected chi connectivity index (χ3v) is 6.83. The summed E-state index contributed by atoms with van der Waals surface area (Å²) >= 11 is 2.88. The van der Waals surface area contributed by atoms with Gasteiger partial charge in [0.2, 0.25) is 11.8 Å². The minimum absolute atomic E-state index is 0.115. The molecule has 0 radical (unpaired) electrons. The molecule has 2 aromatic heterocycles. The summed E-state index contributed by atoms with van der Waals surface area (Å²) in [5.41, 5.74) is 1.70. The monoisotopic (exact) mass is 419 g/mol. The van der Waals surface area contributed by atoms with Crippen LogP contribution >= 0.6 is 22.7 Å². The Hall–Kier alpha value is -1.84. The largest absolute Gasteiger partial charge is 0.302 e. The van der Waals surface area contributed by atoms with Crippen molar-refractivity contribution < 1.29 is 9.59 Å². The van der Waals surface area contributed by atoms with E-state index in [2.05, 4.69) is 27.1 Å². The van der Waals surface area contributed by atoms with Gasteiger partial charge < -0.3 is 5.32 Å². The molecule has 1 unspecified atom stereocenters. The zero-order valence-corrected chi connectivity index (χ0v) is 17.7. The van der Waals surface area contributed by atoms with Gasteiger partial charge in [-0.3, -0.25) is 19.4 Å². The highest BCUT2D eigenvalue weighted by molar-refractivity contribution is 7.14. The number of hydrogen-bond donors (Lipinski definition) is 1. The molecule has 0 bridgehead atoms. The fourth-order valence-corrected chi connectivity index (χ4v) is 5.36. The Morgan fingerprint density at radius 1 is 1.21 bits per heavy atom. The van der Waals surface area contributed by atoms with Crippen LogP contribution in [0.2, 0.25) is 0 Å². The SMILES string of the molecule is CC1CCCN(Cc2csc(NC(=O)Cc3csc(N4CCCC4=O)n3)n2)C1. The Labute approximate surface area is 172 Å². The Kier molecular flexibility index (Phi) is 6.03. The van der Waals surface area contributed by atoms with Gasteiger partial charge in [-0.1, -0.05) is 6.92 Å². The second kappa shape index (κ2) is 8.67. The summed E-state index contributed by atoms with van der Waals surface area (Å²) in [5.74, 6) is 0.728. The van der Waals surface area contributed by atoms with E-state index in [4.69, 9.17) is 0 Å². The van der Waals surface area contributed by atoms with Gasteiger partial charge in [-0.05, 0) is 31.7 Å². The molecule has 0 saturated carbocycles. The van der Waals surface area contributed by atoms with E-state index >= 15 is 0 Å². The van der Waals surface area contributed by atoms with Crippen molar-refractivity contribution in [3.63, 3.8) is 0 Å². The molecule has 2 aliphatic rings. The average Bonchev–Trinajstić information content (AvgIpc) is 3.37. The number of nitrogens with zero attached hydrogens (tertiary/aromatic N) is 4. The van der Waals surface area contributed by atoms with E-state index in [0.717, 1.165) is 44.2 Å². The summed E-state index contributed by atoms with van der Waals surface area (Å²) in [6.45, 7) is 6.09. The lowest BCUT2D eigenvalue weighted by Crippen LogP contribution is -2.33. The van der Waals surface area contributed by atoms with E-state index in [1.54, 1.807) is 4.90 Å². The number of piperidine rings is 1. The van der Waals surface area contributed by atoms with Crippen LogP contribution in [0.15, 0.2) is 10.8 Å². The van der Waals surface area contributed by atoms with E-state index in [9.17, 15) is 9.59 Å². The molecule has 7 nitrogen and oxygen atoms in total. The van der Waals surface area contributed by atoms with Gasteiger partial charge in [0.1, 0.15) is 0 Å². The Morgan fingerprint density at radius 3 is 2.86 bits per heavy atom. The van der Waals surface area contributed by atoms with Crippen molar-refractivity contribution in [1.29, 1.82) is 0 Å². The molecule has 150 valence electrons. The predicted octanol–water partition coefficient (Wildman–Crippen LogP) is 3.14. The number of carbonyl (C=O) groups is 2. The van der Waals surface area contributed by atoms with Crippen LogP contribution in [-0.4, -0.2) is 46.3 Å². The standard InChI is InChI=1S/C19H25N5O2S2/c1-13-4-2-6-23(9-13)10-15-12-27-18(20-15)22-16(25)8-14-11-28-19(21-14)24-7-3-5-17(24)26/h11-13H,2-10H2,1H3,(H,20,22,25). The van der Waals surface area contributed by atoms with Gasteiger partial charge in [0, 0.05) is 36.8 Å². The quantitative estimate of drug-likeness (QED) is 0.778. The van der Waals surface area contributed by atoms with Crippen molar-refractivity contribution in [2.24, 2.45) is 5.92 Å². The maximum Gasteiger partial charge on any atom is 0.232 e. The fourth-order valence-electron chi connectivity index (χ4n) is 3.78. The number of aromatic nitrogens is 2. The molecule has 2 aromatic rings. The van der Waals surface area contributed by atoms with Crippen molar-refractivity contribution in [3.05, 3.63) is 22.1 Å². The normalized spacial score (nSPS) is 20.7. The molecule has 1 N–H and O–H groups in total. The first-order valence-electron chi connectivity index (χ1n) is 9.78. The maximum atomic E-state index is 12.3. The first-order valence-corrected chi connectivity index (χ1v) is 11.5. The van der Waals surface area contributed by atoms with Gasteiger partial charge in [-0.2, -0.15) is 0 Å². The summed E-state index contributed by atoms with van der Waals surface area (Å²) in [4.78, 5) is 37.3. The van der Waals surface area contributed by atoms with Gasteiger partial charge in [-0.15, -0.1) is 22.7 Å². The lowest BCUT2D eigenvalue weighted by Gasteiger charge is -2.30. The van der Waals surface area contributed by atoms with Crippen molar-refractivity contribution in [2.45, 2.75) is 45.6 Å². The van der Waals surface area contributed by atoms with E-state index in [1.807, 2.05) is 10.8 Å². The third kappa shape index (κ3) is 4.76. The van der Waals surface area contributed by atoms with Crippen LogP contribution < -0.4 is 10.2 Å². The van der Waals surface area contributed by atoms with E-state index < -0.39 is 0 Å². The molecule has 2 aliphatic heterocycles. The van der Waals surface area contributed by atoms with Gasteiger partial charge in [0.15, 0.2) is 10.3 Å². The topological polar surface area (TPSA) is 78.4 Å². The molecule has 0 aromatic carbocycles. The molecule has 4 rings (SSSR count). The zero-order valence-electron chi connectivity index (χ0n) is 16.0. The van der Waals surface area contributed by atoms with Crippen LogP contribution in [0, 0.1) is 5.92 Å². The Bertz CT molecular complexity index is 849. The molecule has 0 spiro atoms. The van der Waals surface area contributed by atoms with Gasteiger partial charge in [-0.25, -0.2) is 9.97 Å². The number of thiazole rings is 2. The summed E-state index contributed by atoms with van der Waals surface area (Å²) in [6, 6.07) is 0. The Morgan fingerprint density at radius 2 is 2.07 bits per heavy atom. The van der Waals surface area contributed by atoms with Gasteiger partial charge >= 0.3 is 0 Å². The minimum Gasteiger partial charge on any atom is -0.302 e. The summed E-state index contributed by atoms with van der Waals surface area (Å²) in [7, 11) is 0. The van der Waals surface area contributed by atoms with E-state index in [0.29, 0.717) is 22.4 Å². The molecule has 2 fully saturated rings. The first kappa shape index (κ1) is 19.5. The van der Waals surface area contributed by atoms with Crippen LogP contribution in [0.4, 0.5) is 10.3 Å². The molecule has 2 saturated heterocycles. The van der Waals surface area contributed by atoms with E-state index in [-0.39, 0.29) is 18.2 Å². The minimum atomic E-state index is -0.128. The predicted molar refractivity (Wildman–Crippen MR) is 112 cm³/mol. The summed E-state index contributed by atoms with van der Waals surface area (Å²) < 4.78 is 0. The third-order valence-electron chi connectivity index (χ3n) is 5.11. The van der Waals surface area contributed by atoms with Crippen LogP contribution in [0.25, 0.3) is 0 Å². The zero-order chi connectivity index (χ0) is 19.5. The van der Waals surface area contributed by atoms with Crippen LogP contribution in [0.5, 0.6) is 0 Å². The second-order valence-electron chi connectivity index (χ2n) is 7.62. The smallest absolute Gasteiger partial charge is 0.232 e.